The summed E-state index contributed by atoms with van der Waals surface area (Å²) in [7, 11) is 1.38. The number of methoxy groups -OCH3 is 1. The average Bonchev–Trinajstić information content (AvgIpc) is 2.48. The standard InChI is InChI=1S/C15H20N2O3/c1-20-15(19)11-13-7-3-5-9-17(13)14(18)10-12-6-2-4-8-16-12/h2,4,6,8,13H,3,5,7,9-11H2,1H3. The first-order valence-electron chi connectivity index (χ1n) is 6.97. The van der Waals surface area contributed by atoms with Crippen molar-refractivity contribution in [1.29, 1.82) is 0 Å². The zero-order chi connectivity index (χ0) is 14.4. The molecule has 0 saturated carbocycles. The van der Waals surface area contributed by atoms with Gasteiger partial charge in [0.15, 0.2) is 0 Å². The normalized spacial score (nSPS) is 18.6. The first-order valence-corrected chi connectivity index (χ1v) is 6.97. The Kier molecular flexibility index (Phi) is 5.09. The second-order valence-corrected chi connectivity index (χ2v) is 5.01. The molecule has 1 saturated heterocycles. The number of carbonyl (C=O) groups is 2. The van der Waals surface area contributed by atoms with Gasteiger partial charge in [-0.05, 0) is 31.4 Å². The van der Waals surface area contributed by atoms with E-state index in [-0.39, 0.29) is 24.3 Å². The molecule has 1 aromatic heterocycles. The van der Waals surface area contributed by atoms with Crippen molar-refractivity contribution in [3.05, 3.63) is 30.1 Å². The van der Waals surface area contributed by atoms with Crippen LogP contribution in [0.4, 0.5) is 0 Å². The van der Waals surface area contributed by atoms with Gasteiger partial charge in [-0.2, -0.15) is 0 Å². The highest BCUT2D eigenvalue weighted by Gasteiger charge is 2.28. The summed E-state index contributed by atoms with van der Waals surface area (Å²) in [6.07, 6.45) is 5.16. The van der Waals surface area contributed by atoms with E-state index in [0.717, 1.165) is 25.0 Å². The molecule has 0 aromatic carbocycles. The van der Waals surface area contributed by atoms with Gasteiger partial charge < -0.3 is 9.64 Å². The summed E-state index contributed by atoms with van der Waals surface area (Å²) in [5, 5.41) is 0. The van der Waals surface area contributed by atoms with Crippen LogP contribution in [-0.4, -0.2) is 41.5 Å². The van der Waals surface area contributed by atoms with Crippen LogP contribution in [0, 0.1) is 0 Å². The topological polar surface area (TPSA) is 59.5 Å². The number of pyridine rings is 1. The molecule has 0 bridgehead atoms. The molecule has 5 heteroatoms. The van der Waals surface area contributed by atoms with Crippen molar-refractivity contribution in [1.82, 2.24) is 9.88 Å². The number of esters is 1. The van der Waals surface area contributed by atoms with Crippen LogP contribution in [0.2, 0.25) is 0 Å². The van der Waals surface area contributed by atoms with Crippen LogP contribution in [0.5, 0.6) is 0 Å². The average molecular weight is 276 g/mol. The number of rotatable bonds is 4. The number of aromatic nitrogens is 1. The monoisotopic (exact) mass is 276 g/mol. The van der Waals surface area contributed by atoms with E-state index in [1.165, 1.54) is 7.11 Å². The van der Waals surface area contributed by atoms with E-state index in [1.54, 1.807) is 6.20 Å². The summed E-state index contributed by atoms with van der Waals surface area (Å²) in [5.41, 5.74) is 0.764. The fourth-order valence-corrected chi connectivity index (χ4v) is 2.58. The summed E-state index contributed by atoms with van der Waals surface area (Å²) in [6, 6.07) is 5.51. The van der Waals surface area contributed by atoms with Gasteiger partial charge in [0.1, 0.15) is 0 Å². The third kappa shape index (κ3) is 3.79. The molecule has 1 aliphatic rings. The highest BCUT2D eigenvalue weighted by Crippen LogP contribution is 2.21. The Bertz CT molecular complexity index is 461. The summed E-state index contributed by atoms with van der Waals surface area (Å²) < 4.78 is 4.71. The molecular formula is C15H20N2O3. The quantitative estimate of drug-likeness (QED) is 0.783. The number of carbonyl (C=O) groups excluding carboxylic acids is 2. The number of hydrogen-bond acceptors (Lipinski definition) is 4. The van der Waals surface area contributed by atoms with Crippen molar-refractivity contribution in [3.8, 4) is 0 Å². The molecule has 2 heterocycles. The third-order valence-corrected chi connectivity index (χ3v) is 3.64. The number of nitrogens with zero attached hydrogens (tertiary/aromatic N) is 2. The molecule has 0 N–H and O–H groups in total. The zero-order valence-electron chi connectivity index (χ0n) is 11.7. The SMILES string of the molecule is COC(=O)CC1CCCCN1C(=O)Cc1ccccn1. The Morgan fingerprint density at radius 2 is 2.25 bits per heavy atom. The van der Waals surface area contributed by atoms with E-state index in [1.807, 2.05) is 23.1 Å². The number of piperidine rings is 1. The minimum atomic E-state index is -0.257. The minimum Gasteiger partial charge on any atom is -0.469 e. The van der Waals surface area contributed by atoms with Gasteiger partial charge in [-0.25, -0.2) is 0 Å². The molecule has 0 aliphatic carbocycles. The number of likely N-dealkylation sites (tertiary alicyclic amines) is 1. The van der Waals surface area contributed by atoms with E-state index >= 15 is 0 Å². The molecule has 1 atom stereocenters. The molecular weight excluding hydrogens is 256 g/mol. The molecule has 108 valence electrons. The van der Waals surface area contributed by atoms with Crippen LogP contribution in [0.15, 0.2) is 24.4 Å². The molecule has 0 radical (unpaired) electrons. The van der Waals surface area contributed by atoms with Gasteiger partial charge in [-0.3, -0.25) is 14.6 Å². The van der Waals surface area contributed by atoms with Crippen molar-refractivity contribution in [2.45, 2.75) is 38.1 Å². The second-order valence-electron chi connectivity index (χ2n) is 5.01. The molecule has 1 aliphatic heterocycles. The maximum absolute atomic E-state index is 12.4. The van der Waals surface area contributed by atoms with Crippen molar-refractivity contribution in [3.63, 3.8) is 0 Å². The van der Waals surface area contributed by atoms with Crippen LogP contribution in [0.1, 0.15) is 31.4 Å². The minimum absolute atomic E-state index is 0.0348. The fourth-order valence-electron chi connectivity index (χ4n) is 2.58. The van der Waals surface area contributed by atoms with E-state index in [0.29, 0.717) is 13.0 Å². The van der Waals surface area contributed by atoms with Crippen LogP contribution in [-0.2, 0) is 20.7 Å². The number of hydrogen-bond donors (Lipinski definition) is 0. The molecule has 1 aromatic rings. The Morgan fingerprint density at radius 3 is 2.95 bits per heavy atom. The van der Waals surface area contributed by atoms with Gasteiger partial charge in [0.2, 0.25) is 5.91 Å². The molecule has 1 amide bonds. The van der Waals surface area contributed by atoms with Crippen molar-refractivity contribution >= 4 is 11.9 Å². The van der Waals surface area contributed by atoms with Crippen molar-refractivity contribution in [2.24, 2.45) is 0 Å². The Labute approximate surface area is 118 Å². The Morgan fingerprint density at radius 1 is 1.40 bits per heavy atom. The van der Waals surface area contributed by atoms with Gasteiger partial charge in [0.05, 0.1) is 20.0 Å². The van der Waals surface area contributed by atoms with E-state index in [4.69, 9.17) is 4.74 Å². The number of amides is 1. The third-order valence-electron chi connectivity index (χ3n) is 3.64. The van der Waals surface area contributed by atoms with Crippen LogP contribution < -0.4 is 0 Å². The summed E-state index contributed by atoms with van der Waals surface area (Å²) in [4.78, 5) is 29.8. The van der Waals surface area contributed by atoms with Crippen molar-refractivity contribution < 1.29 is 14.3 Å². The van der Waals surface area contributed by atoms with Gasteiger partial charge in [-0.1, -0.05) is 6.07 Å². The van der Waals surface area contributed by atoms with Gasteiger partial charge in [0, 0.05) is 24.5 Å². The van der Waals surface area contributed by atoms with Crippen molar-refractivity contribution in [2.75, 3.05) is 13.7 Å². The molecule has 0 spiro atoms. The van der Waals surface area contributed by atoms with E-state index in [9.17, 15) is 9.59 Å². The molecule has 1 fully saturated rings. The predicted octanol–water partition coefficient (Wildman–Crippen LogP) is 1.57. The number of ether oxygens (including phenoxy) is 1. The second kappa shape index (κ2) is 7.03. The lowest BCUT2D eigenvalue weighted by molar-refractivity contribution is -0.144. The molecule has 5 nitrogen and oxygen atoms in total. The molecule has 20 heavy (non-hydrogen) atoms. The highest BCUT2D eigenvalue weighted by atomic mass is 16.5. The lowest BCUT2D eigenvalue weighted by Crippen LogP contribution is -2.45. The summed E-state index contributed by atoms with van der Waals surface area (Å²) >= 11 is 0. The summed E-state index contributed by atoms with van der Waals surface area (Å²) in [5.74, 6) is -0.218. The van der Waals surface area contributed by atoms with E-state index < -0.39 is 0 Å². The van der Waals surface area contributed by atoms with Gasteiger partial charge in [-0.15, -0.1) is 0 Å². The lowest BCUT2D eigenvalue weighted by atomic mass is 9.98. The van der Waals surface area contributed by atoms with Gasteiger partial charge >= 0.3 is 5.97 Å². The maximum Gasteiger partial charge on any atom is 0.307 e. The first-order chi connectivity index (χ1) is 9.70. The largest absolute Gasteiger partial charge is 0.469 e. The summed E-state index contributed by atoms with van der Waals surface area (Å²) in [6.45, 7) is 0.716. The Balaban J connectivity index is 2.00. The smallest absolute Gasteiger partial charge is 0.307 e. The lowest BCUT2D eigenvalue weighted by Gasteiger charge is -2.35. The van der Waals surface area contributed by atoms with E-state index in [2.05, 4.69) is 4.98 Å². The van der Waals surface area contributed by atoms with Crippen LogP contribution in [0.25, 0.3) is 0 Å². The van der Waals surface area contributed by atoms with Crippen LogP contribution in [0.3, 0.4) is 0 Å². The Hall–Kier alpha value is -1.91. The van der Waals surface area contributed by atoms with Gasteiger partial charge in [0.25, 0.3) is 0 Å². The first kappa shape index (κ1) is 14.5. The zero-order valence-corrected chi connectivity index (χ0v) is 11.7. The molecule has 2 rings (SSSR count). The van der Waals surface area contributed by atoms with Crippen LogP contribution >= 0.6 is 0 Å². The predicted molar refractivity (Wildman–Crippen MR) is 73.9 cm³/mol. The molecule has 1 unspecified atom stereocenters. The fraction of sp³-hybridized carbons (Fsp3) is 0.533. The maximum atomic E-state index is 12.4. The highest BCUT2D eigenvalue weighted by molar-refractivity contribution is 5.79.